The van der Waals surface area contributed by atoms with E-state index in [4.69, 9.17) is 40.5 Å². The molecule has 134 valence electrons. The van der Waals surface area contributed by atoms with Gasteiger partial charge in [-0.25, -0.2) is 4.99 Å². The lowest BCUT2D eigenvalue weighted by Gasteiger charge is -2.29. The van der Waals surface area contributed by atoms with Crippen LogP contribution in [-0.2, 0) is 13.0 Å². The molecule has 26 heavy (non-hydrogen) atoms. The van der Waals surface area contributed by atoms with Gasteiger partial charge in [-0.3, -0.25) is 0 Å². The number of nitrogens with two attached hydrogens (primary N) is 1. The molecular formula is C20H18Cl3N3. The van der Waals surface area contributed by atoms with Crippen molar-refractivity contribution < 1.29 is 0 Å². The van der Waals surface area contributed by atoms with Gasteiger partial charge in [0.25, 0.3) is 0 Å². The van der Waals surface area contributed by atoms with E-state index in [1.807, 2.05) is 18.2 Å². The molecule has 2 aromatic rings. The minimum Gasteiger partial charge on any atom is -0.370 e. The molecule has 0 saturated carbocycles. The summed E-state index contributed by atoms with van der Waals surface area (Å²) < 4.78 is 0. The van der Waals surface area contributed by atoms with Crippen LogP contribution in [0.2, 0.25) is 15.1 Å². The third-order valence-electron chi connectivity index (χ3n) is 4.97. The maximum Gasteiger partial charge on any atom is 0.191 e. The Bertz CT molecular complexity index is 934. The van der Waals surface area contributed by atoms with Crippen LogP contribution in [0.25, 0.3) is 5.57 Å². The lowest BCUT2D eigenvalue weighted by atomic mass is 9.99. The molecule has 0 radical (unpaired) electrons. The first kappa shape index (κ1) is 17.7. The number of guanidine groups is 1. The zero-order chi connectivity index (χ0) is 18.3. The molecule has 2 aromatic carbocycles. The first-order valence-electron chi connectivity index (χ1n) is 8.50. The Labute approximate surface area is 168 Å². The van der Waals surface area contributed by atoms with Gasteiger partial charge in [-0.15, -0.1) is 0 Å². The summed E-state index contributed by atoms with van der Waals surface area (Å²) in [7, 11) is 0. The zero-order valence-corrected chi connectivity index (χ0v) is 16.4. The topological polar surface area (TPSA) is 41.6 Å². The van der Waals surface area contributed by atoms with Crippen LogP contribution in [0.1, 0.15) is 23.1 Å². The Morgan fingerprint density at radius 2 is 1.92 bits per heavy atom. The number of nitrogens with zero attached hydrogens (tertiary/aromatic N) is 2. The van der Waals surface area contributed by atoms with Crippen LogP contribution in [0, 0.1) is 0 Å². The highest BCUT2D eigenvalue weighted by atomic mass is 35.5. The second-order valence-corrected chi connectivity index (χ2v) is 7.91. The van der Waals surface area contributed by atoms with E-state index in [1.165, 1.54) is 22.3 Å². The fourth-order valence-corrected chi connectivity index (χ4v) is 4.13. The minimum atomic E-state index is 0.487. The van der Waals surface area contributed by atoms with Crippen molar-refractivity contribution in [3.63, 3.8) is 0 Å². The molecular weight excluding hydrogens is 389 g/mol. The largest absolute Gasteiger partial charge is 0.370 e. The van der Waals surface area contributed by atoms with Gasteiger partial charge in [0.15, 0.2) is 5.96 Å². The molecule has 2 N–H and O–H groups in total. The van der Waals surface area contributed by atoms with E-state index in [1.54, 1.807) is 6.07 Å². The van der Waals surface area contributed by atoms with Crippen LogP contribution in [0.5, 0.6) is 0 Å². The third kappa shape index (κ3) is 3.44. The Morgan fingerprint density at radius 1 is 1.08 bits per heavy atom. The number of benzene rings is 2. The molecule has 1 heterocycles. The maximum absolute atomic E-state index is 6.25. The van der Waals surface area contributed by atoms with Gasteiger partial charge in [-0.05, 0) is 64.9 Å². The maximum atomic E-state index is 6.25. The molecule has 1 aliphatic carbocycles. The summed E-state index contributed by atoms with van der Waals surface area (Å²) in [6, 6.07) is 11.7. The van der Waals surface area contributed by atoms with E-state index in [2.05, 4.69) is 22.0 Å². The fourth-order valence-electron chi connectivity index (χ4n) is 3.64. The van der Waals surface area contributed by atoms with Crippen molar-refractivity contribution in [2.75, 3.05) is 13.1 Å². The lowest BCUT2D eigenvalue weighted by molar-refractivity contribution is 0.438. The average Bonchev–Trinajstić information content (AvgIpc) is 2.99. The van der Waals surface area contributed by atoms with Gasteiger partial charge < -0.3 is 10.6 Å². The van der Waals surface area contributed by atoms with Crippen molar-refractivity contribution in [1.29, 1.82) is 0 Å². The summed E-state index contributed by atoms with van der Waals surface area (Å²) in [5, 5.41) is 1.87. The smallest absolute Gasteiger partial charge is 0.191 e. The molecule has 0 unspecified atom stereocenters. The van der Waals surface area contributed by atoms with E-state index in [0.29, 0.717) is 22.5 Å². The van der Waals surface area contributed by atoms with Crippen LogP contribution in [0.3, 0.4) is 0 Å². The van der Waals surface area contributed by atoms with Crippen molar-refractivity contribution >= 4 is 46.3 Å². The first-order valence-corrected chi connectivity index (χ1v) is 9.63. The SMILES string of the molecule is NC(=NCc1ccc(Cl)c(Cl)c1)N1CCC2=C(Cc3ccc(Cl)cc32)C1. The molecule has 1 aliphatic heterocycles. The number of fused-ring (bicyclic) bond motifs is 2. The van der Waals surface area contributed by atoms with Crippen molar-refractivity contribution in [2.24, 2.45) is 10.7 Å². The van der Waals surface area contributed by atoms with Gasteiger partial charge in [0, 0.05) is 18.1 Å². The van der Waals surface area contributed by atoms with Gasteiger partial charge in [-0.1, -0.05) is 46.9 Å². The Morgan fingerprint density at radius 3 is 2.73 bits per heavy atom. The van der Waals surface area contributed by atoms with Crippen molar-refractivity contribution in [3.05, 3.63) is 73.7 Å². The standard InChI is InChI=1S/C20H18Cl3N3/c21-15-3-2-13-8-14-11-26(6-5-16(14)17(13)9-15)20(24)25-10-12-1-4-18(22)19(23)7-12/h1-4,7,9H,5-6,8,10-11H2,(H2,24,25). The van der Waals surface area contributed by atoms with E-state index < -0.39 is 0 Å². The monoisotopic (exact) mass is 405 g/mol. The number of rotatable bonds is 2. The van der Waals surface area contributed by atoms with Crippen LogP contribution < -0.4 is 5.73 Å². The predicted molar refractivity (Wildman–Crippen MR) is 110 cm³/mol. The highest BCUT2D eigenvalue weighted by Crippen LogP contribution is 2.39. The first-order chi connectivity index (χ1) is 12.5. The van der Waals surface area contributed by atoms with Gasteiger partial charge in [0.2, 0.25) is 0 Å². The van der Waals surface area contributed by atoms with E-state index >= 15 is 0 Å². The van der Waals surface area contributed by atoms with E-state index in [0.717, 1.165) is 36.5 Å². The number of aliphatic imine (C=N–C) groups is 1. The van der Waals surface area contributed by atoms with Gasteiger partial charge in [0.1, 0.15) is 0 Å². The van der Waals surface area contributed by atoms with Gasteiger partial charge in [-0.2, -0.15) is 0 Å². The fraction of sp³-hybridized carbons (Fsp3) is 0.250. The van der Waals surface area contributed by atoms with Crippen molar-refractivity contribution in [2.45, 2.75) is 19.4 Å². The molecule has 0 spiro atoms. The molecule has 0 bridgehead atoms. The second kappa shape index (κ2) is 7.15. The van der Waals surface area contributed by atoms with Gasteiger partial charge in [0.05, 0.1) is 16.6 Å². The third-order valence-corrected chi connectivity index (χ3v) is 5.95. The summed E-state index contributed by atoms with van der Waals surface area (Å²) >= 11 is 18.2. The molecule has 3 nitrogen and oxygen atoms in total. The molecule has 0 saturated heterocycles. The Kier molecular flexibility index (Phi) is 4.87. The molecule has 0 amide bonds. The molecule has 2 aliphatic rings. The van der Waals surface area contributed by atoms with E-state index in [9.17, 15) is 0 Å². The quantitative estimate of drug-likeness (QED) is 0.551. The molecule has 4 rings (SSSR count). The van der Waals surface area contributed by atoms with Crippen molar-refractivity contribution in [1.82, 2.24) is 4.90 Å². The van der Waals surface area contributed by atoms with E-state index in [-0.39, 0.29) is 0 Å². The molecule has 6 heteroatoms. The summed E-state index contributed by atoms with van der Waals surface area (Å²) in [6.45, 7) is 2.17. The number of halogens is 3. The Balaban J connectivity index is 1.47. The highest BCUT2D eigenvalue weighted by molar-refractivity contribution is 6.42. The molecule has 0 atom stereocenters. The summed E-state index contributed by atoms with van der Waals surface area (Å²) in [6.07, 6.45) is 1.93. The Hall–Kier alpha value is -1.68. The second-order valence-electron chi connectivity index (χ2n) is 6.65. The lowest BCUT2D eigenvalue weighted by Crippen LogP contribution is -2.41. The highest BCUT2D eigenvalue weighted by Gasteiger charge is 2.27. The predicted octanol–water partition coefficient (Wildman–Crippen LogP) is 5.18. The summed E-state index contributed by atoms with van der Waals surface area (Å²) in [4.78, 5) is 6.68. The van der Waals surface area contributed by atoms with Crippen LogP contribution in [-0.4, -0.2) is 23.9 Å². The van der Waals surface area contributed by atoms with Crippen molar-refractivity contribution in [3.8, 4) is 0 Å². The molecule has 0 aromatic heterocycles. The average molecular weight is 407 g/mol. The van der Waals surface area contributed by atoms with Gasteiger partial charge >= 0.3 is 0 Å². The normalized spacial score (nSPS) is 16.7. The summed E-state index contributed by atoms with van der Waals surface area (Å²) in [5.41, 5.74) is 12.7. The zero-order valence-electron chi connectivity index (χ0n) is 14.1. The summed E-state index contributed by atoms with van der Waals surface area (Å²) in [5.74, 6) is 0.566. The number of hydrogen-bond acceptors (Lipinski definition) is 1. The van der Waals surface area contributed by atoms with Crippen LogP contribution >= 0.6 is 34.8 Å². The van der Waals surface area contributed by atoms with Crippen LogP contribution in [0.4, 0.5) is 0 Å². The minimum absolute atomic E-state index is 0.487. The number of hydrogen-bond donors (Lipinski definition) is 1. The van der Waals surface area contributed by atoms with Crippen LogP contribution in [0.15, 0.2) is 47.0 Å². The molecule has 0 fully saturated rings.